The standard InChI is InChI=1S/C19H41N5O.HI/c1-9-20-19(22(8)15-18(25)23(10-2)11-3)21-13-12-14-24(16(4)5)17(6)7;/h16-17H,9-15H2,1-8H3,(H,20,21);1H. The molecule has 0 heterocycles. The van der Waals surface area contributed by atoms with Gasteiger partial charge in [-0.15, -0.1) is 24.0 Å². The zero-order chi connectivity index (χ0) is 19.4. The van der Waals surface area contributed by atoms with E-state index in [0.717, 1.165) is 45.1 Å². The molecule has 26 heavy (non-hydrogen) atoms. The van der Waals surface area contributed by atoms with Gasteiger partial charge < -0.3 is 15.1 Å². The Morgan fingerprint density at radius 1 is 1.04 bits per heavy atom. The minimum atomic E-state index is 0. The molecule has 1 amide bonds. The molecule has 0 spiro atoms. The summed E-state index contributed by atoms with van der Waals surface area (Å²) in [4.78, 5) is 23.2. The average Bonchev–Trinajstić information content (AvgIpc) is 2.53. The second-order valence-electron chi connectivity index (χ2n) is 6.94. The second kappa shape index (κ2) is 15.5. The smallest absolute Gasteiger partial charge is 0.242 e. The monoisotopic (exact) mass is 483 g/mol. The van der Waals surface area contributed by atoms with Crippen molar-refractivity contribution in [3.05, 3.63) is 0 Å². The maximum atomic E-state index is 12.3. The molecule has 0 radical (unpaired) electrons. The zero-order valence-corrected chi connectivity index (χ0v) is 20.5. The van der Waals surface area contributed by atoms with Crippen LogP contribution in [-0.2, 0) is 4.79 Å². The van der Waals surface area contributed by atoms with E-state index >= 15 is 0 Å². The number of carbonyl (C=O) groups is 1. The lowest BCUT2D eigenvalue weighted by molar-refractivity contribution is -0.131. The lowest BCUT2D eigenvalue weighted by Crippen LogP contribution is -2.45. The van der Waals surface area contributed by atoms with Gasteiger partial charge in [0.05, 0.1) is 6.54 Å². The predicted octanol–water partition coefficient (Wildman–Crippen LogP) is 2.88. The number of rotatable bonds is 11. The minimum Gasteiger partial charge on any atom is -0.357 e. The molecule has 0 atom stereocenters. The van der Waals surface area contributed by atoms with Gasteiger partial charge in [0.25, 0.3) is 0 Å². The highest BCUT2D eigenvalue weighted by molar-refractivity contribution is 14.0. The summed E-state index contributed by atoms with van der Waals surface area (Å²) in [6.45, 7) is 19.5. The van der Waals surface area contributed by atoms with Crippen LogP contribution in [0.15, 0.2) is 4.99 Å². The highest BCUT2D eigenvalue weighted by Gasteiger charge is 2.15. The number of guanidine groups is 1. The molecule has 0 rings (SSSR count). The summed E-state index contributed by atoms with van der Waals surface area (Å²) in [6.07, 6.45) is 1.02. The van der Waals surface area contributed by atoms with Gasteiger partial charge in [0.15, 0.2) is 5.96 Å². The number of halogens is 1. The zero-order valence-electron chi connectivity index (χ0n) is 18.2. The molecule has 0 aromatic rings. The van der Waals surface area contributed by atoms with Crippen LogP contribution in [-0.4, -0.2) is 85.0 Å². The molecule has 0 saturated heterocycles. The first-order chi connectivity index (χ1) is 11.8. The van der Waals surface area contributed by atoms with Gasteiger partial charge in [0.1, 0.15) is 0 Å². The lowest BCUT2D eigenvalue weighted by atomic mass is 10.2. The van der Waals surface area contributed by atoms with E-state index in [1.165, 1.54) is 0 Å². The van der Waals surface area contributed by atoms with Crippen LogP contribution in [0.2, 0.25) is 0 Å². The molecule has 0 aromatic heterocycles. The normalized spacial score (nSPS) is 11.7. The predicted molar refractivity (Wildman–Crippen MR) is 124 cm³/mol. The van der Waals surface area contributed by atoms with Gasteiger partial charge in [-0.3, -0.25) is 14.7 Å². The fourth-order valence-corrected chi connectivity index (χ4v) is 2.97. The second-order valence-corrected chi connectivity index (χ2v) is 6.94. The maximum absolute atomic E-state index is 12.3. The number of amides is 1. The van der Waals surface area contributed by atoms with Crippen molar-refractivity contribution in [2.45, 2.75) is 67.0 Å². The maximum Gasteiger partial charge on any atom is 0.242 e. The molecule has 0 aromatic carbocycles. The third-order valence-corrected chi connectivity index (χ3v) is 4.35. The summed E-state index contributed by atoms with van der Waals surface area (Å²) < 4.78 is 0. The van der Waals surface area contributed by atoms with Gasteiger partial charge >= 0.3 is 0 Å². The molecular weight excluding hydrogens is 441 g/mol. The molecule has 0 saturated carbocycles. The number of nitrogens with one attached hydrogen (secondary N) is 1. The Hall–Kier alpha value is -0.570. The van der Waals surface area contributed by atoms with Crippen molar-refractivity contribution in [1.29, 1.82) is 0 Å². The van der Waals surface area contributed by atoms with Gasteiger partial charge in [-0.25, -0.2) is 0 Å². The van der Waals surface area contributed by atoms with Crippen molar-refractivity contribution in [2.24, 2.45) is 4.99 Å². The van der Waals surface area contributed by atoms with E-state index in [1.807, 2.05) is 30.7 Å². The Balaban J connectivity index is 0. The van der Waals surface area contributed by atoms with Gasteiger partial charge in [0, 0.05) is 51.9 Å². The van der Waals surface area contributed by atoms with Crippen molar-refractivity contribution in [1.82, 2.24) is 20.0 Å². The van der Waals surface area contributed by atoms with Crippen LogP contribution in [0.25, 0.3) is 0 Å². The van der Waals surface area contributed by atoms with Gasteiger partial charge in [0.2, 0.25) is 5.91 Å². The lowest BCUT2D eigenvalue weighted by Gasteiger charge is -2.30. The molecule has 6 nitrogen and oxygen atoms in total. The van der Waals surface area contributed by atoms with Gasteiger partial charge in [-0.05, 0) is 54.9 Å². The first-order valence-electron chi connectivity index (χ1n) is 9.81. The van der Waals surface area contributed by atoms with Crippen LogP contribution in [0.4, 0.5) is 0 Å². The summed E-state index contributed by atoms with van der Waals surface area (Å²) in [5.41, 5.74) is 0. The SMILES string of the molecule is CCNC(=NCCCN(C(C)C)C(C)C)N(C)CC(=O)N(CC)CC.I. The Morgan fingerprint density at radius 3 is 2.00 bits per heavy atom. The van der Waals surface area contributed by atoms with Crippen LogP contribution in [0.5, 0.6) is 0 Å². The molecule has 1 N–H and O–H groups in total. The van der Waals surface area contributed by atoms with Gasteiger partial charge in [-0.2, -0.15) is 0 Å². The minimum absolute atomic E-state index is 0. The first kappa shape index (κ1) is 27.6. The third kappa shape index (κ3) is 10.5. The molecular formula is C19H42IN5O. The highest BCUT2D eigenvalue weighted by Crippen LogP contribution is 2.05. The van der Waals surface area contributed by atoms with Crippen molar-refractivity contribution >= 4 is 35.8 Å². The van der Waals surface area contributed by atoms with Crippen LogP contribution in [0.1, 0.15) is 54.9 Å². The van der Waals surface area contributed by atoms with E-state index in [2.05, 4.69) is 44.8 Å². The van der Waals surface area contributed by atoms with E-state index in [1.54, 1.807) is 0 Å². The van der Waals surface area contributed by atoms with Crippen molar-refractivity contribution in [2.75, 3.05) is 46.3 Å². The molecule has 0 unspecified atom stereocenters. The molecule has 0 fully saturated rings. The molecule has 7 heteroatoms. The van der Waals surface area contributed by atoms with Gasteiger partial charge in [-0.1, -0.05) is 0 Å². The Kier molecular flexibility index (Phi) is 16.5. The Bertz CT molecular complexity index is 389. The molecule has 0 aliphatic carbocycles. The average molecular weight is 483 g/mol. The van der Waals surface area contributed by atoms with Crippen LogP contribution in [0, 0.1) is 0 Å². The summed E-state index contributed by atoms with van der Waals surface area (Å²) in [5.74, 6) is 0.951. The number of aliphatic imine (C=N–C) groups is 1. The van der Waals surface area contributed by atoms with Crippen molar-refractivity contribution < 1.29 is 4.79 Å². The van der Waals surface area contributed by atoms with Crippen LogP contribution >= 0.6 is 24.0 Å². The third-order valence-electron chi connectivity index (χ3n) is 4.35. The molecule has 156 valence electrons. The highest BCUT2D eigenvalue weighted by atomic mass is 127. The van der Waals surface area contributed by atoms with E-state index in [4.69, 9.17) is 4.99 Å². The van der Waals surface area contributed by atoms with Crippen molar-refractivity contribution in [3.8, 4) is 0 Å². The summed E-state index contributed by atoms with van der Waals surface area (Å²) in [5, 5.41) is 3.29. The summed E-state index contributed by atoms with van der Waals surface area (Å²) in [6, 6.07) is 1.10. The number of hydrogen-bond donors (Lipinski definition) is 1. The number of carbonyl (C=O) groups excluding carboxylic acids is 1. The molecule has 0 bridgehead atoms. The van der Waals surface area contributed by atoms with E-state index < -0.39 is 0 Å². The Morgan fingerprint density at radius 2 is 1.58 bits per heavy atom. The van der Waals surface area contributed by atoms with Crippen molar-refractivity contribution in [3.63, 3.8) is 0 Å². The quantitative estimate of drug-likeness (QED) is 0.213. The first-order valence-corrected chi connectivity index (χ1v) is 9.81. The number of likely N-dealkylation sites (N-methyl/N-ethyl adjacent to an activating group) is 2. The summed E-state index contributed by atoms with van der Waals surface area (Å²) >= 11 is 0. The van der Waals surface area contributed by atoms with E-state index in [0.29, 0.717) is 18.6 Å². The van der Waals surface area contributed by atoms with Crippen LogP contribution in [0.3, 0.4) is 0 Å². The fourth-order valence-electron chi connectivity index (χ4n) is 2.97. The Labute approximate surface area is 178 Å². The molecule has 0 aliphatic rings. The topological polar surface area (TPSA) is 51.2 Å². The molecule has 0 aliphatic heterocycles. The van der Waals surface area contributed by atoms with E-state index in [9.17, 15) is 4.79 Å². The fraction of sp³-hybridized carbons (Fsp3) is 0.895. The summed E-state index contributed by atoms with van der Waals surface area (Å²) in [7, 11) is 1.93. The largest absolute Gasteiger partial charge is 0.357 e. The number of hydrogen-bond acceptors (Lipinski definition) is 3. The van der Waals surface area contributed by atoms with Crippen LogP contribution < -0.4 is 5.32 Å². The number of nitrogens with zero attached hydrogens (tertiary/aromatic N) is 4. The van der Waals surface area contributed by atoms with E-state index in [-0.39, 0.29) is 29.9 Å².